The van der Waals surface area contributed by atoms with Crippen LogP contribution in [0.4, 0.5) is 0 Å². The van der Waals surface area contributed by atoms with E-state index in [2.05, 4.69) is 19.9 Å². The van der Waals surface area contributed by atoms with E-state index in [0.29, 0.717) is 6.54 Å². The van der Waals surface area contributed by atoms with Gasteiger partial charge in [-0.25, -0.2) is 0 Å². The van der Waals surface area contributed by atoms with Crippen molar-refractivity contribution in [3.05, 3.63) is 23.3 Å². The normalized spacial score (nSPS) is 10.9. The van der Waals surface area contributed by atoms with E-state index in [9.17, 15) is 9.59 Å². The van der Waals surface area contributed by atoms with Crippen molar-refractivity contribution in [3.8, 4) is 0 Å². The highest BCUT2D eigenvalue weighted by Crippen LogP contribution is 2.06. The summed E-state index contributed by atoms with van der Waals surface area (Å²) in [5.41, 5.74) is 7.40. The summed E-state index contributed by atoms with van der Waals surface area (Å²) >= 11 is 0. The number of carbonyl (C=O) groups excluding carboxylic acids is 2. The molecule has 0 aromatic rings. The average Bonchev–Trinajstić information content (AvgIpc) is 2.24. The topological polar surface area (TPSA) is 63.4 Å². The summed E-state index contributed by atoms with van der Waals surface area (Å²) in [6, 6.07) is 0. The third kappa shape index (κ3) is 7.33. The Balaban J connectivity index is 4.10. The maximum atomic E-state index is 11.2. The molecule has 2 N–H and O–H groups in total. The third-order valence-electron chi connectivity index (χ3n) is 2.36. The van der Waals surface area contributed by atoms with Crippen molar-refractivity contribution in [1.29, 1.82) is 0 Å². The predicted octanol–water partition coefficient (Wildman–Crippen LogP) is 1.62. The lowest BCUT2D eigenvalue weighted by molar-refractivity contribution is -0.142. The quantitative estimate of drug-likeness (QED) is 0.584. The molecule has 0 aliphatic rings. The van der Waals surface area contributed by atoms with E-state index in [4.69, 9.17) is 5.73 Å². The van der Waals surface area contributed by atoms with Crippen molar-refractivity contribution in [2.24, 2.45) is 5.73 Å². The minimum atomic E-state index is -0.914. The first-order valence-corrected chi connectivity index (χ1v) is 5.68. The van der Waals surface area contributed by atoms with E-state index in [0.717, 1.165) is 12.8 Å². The number of hydrogen-bond donors (Lipinski definition) is 1. The van der Waals surface area contributed by atoms with Crippen molar-refractivity contribution < 1.29 is 9.59 Å². The van der Waals surface area contributed by atoms with Crippen LogP contribution in [0.3, 0.4) is 0 Å². The van der Waals surface area contributed by atoms with E-state index in [1.165, 1.54) is 16.0 Å². The summed E-state index contributed by atoms with van der Waals surface area (Å²) in [5.74, 6) is -1.57. The first kappa shape index (κ1) is 15.4. The average molecular weight is 238 g/mol. The van der Waals surface area contributed by atoms with Crippen LogP contribution in [0.5, 0.6) is 0 Å². The molecule has 17 heavy (non-hydrogen) atoms. The Bertz CT molecular complexity index is 339. The molecule has 0 saturated heterocycles. The molecule has 0 fully saturated rings. The van der Waals surface area contributed by atoms with Crippen LogP contribution >= 0.6 is 0 Å². The lowest BCUT2D eigenvalue weighted by Gasteiger charge is -2.12. The fraction of sp³-hybridized carbons (Fsp3) is 0.538. The number of likely N-dealkylation sites (N-methyl/N-ethyl adjacent to an activating group) is 1. The van der Waals surface area contributed by atoms with Crippen molar-refractivity contribution >= 4 is 11.8 Å². The molecule has 0 unspecified atom stereocenters. The summed E-state index contributed by atoms with van der Waals surface area (Å²) in [6.45, 7) is 6.57. The first-order valence-electron chi connectivity index (χ1n) is 5.68. The van der Waals surface area contributed by atoms with Crippen LogP contribution in [-0.2, 0) is 9.59 Å². The van der Waals surface area contributed by atoms with Crippen LogP contribution < -0.4 is 5.73 Å². The van der Waals surface area contributed by atoms with E-state index in [-0.39, 0.29) is 0 Å². The molecular formula is C13H22N2O2. The highest BCUT2D eigenvalue weighted by molar-refractivity contribution is 6.34. The van der Waals surface area contributed by atoms with Gasteiger partial charge in [0.15, 0.2) is 0 Å². The van der Waals surface area contributed by atoms with Gasteiger partial charge in [-0.3, -0.25) is 9.59 Å². The smallest absolute Gasteiger partial charge is 0.311 e. The minimum Gasteiger partial charge on any atom is -0.361 e. The Morgan fingerprint density at radius 2 is 1.76 bits per heavy atom. The molecule has 0 heterocycles. The summed E-state index contributed by atoms with van der Waals surface area (Å²) in [7, 11) is 1.56. The van der Waals surface area contributed by atoms with Gasteiger partial charge in [0.1, 0.15) is 0 Å². The standard InChI is InChI=1S/C13H22N2O2/c1-10(2)6-5-7-11(3)8-9-15(4)13(17)12(14)16/h6,8H,5,7,9H2,1-4H3,(H2,14,16)/b11-8+. The van der Waals surface area contributed by atoms with Gasteiger partial charge in [0.05, 0.1) is 0 Å². The molecule has 0 aromatic heterocycles. The monoisotopic (exact) mass is 238 g/mol. The molecule has 4 heteroatoms. The van der Waals surface area contributed by atoms with Crippen LogP contribution in [0.1, 0.15) is 33.6 Å². The van der Waals surface area contributed by atoms with Gasteiger partial charge >= 0.3 is 11.8 Å². The number of amides is 2. The number of primary amides is 1. The zero-order valence-electron chi connectivity index (χ0n) is 11.1. The van der Waals surface area contributed by atoms with Gasteiger partial charge in [-0.15, -0.1) is 0 Å². The highest BCUT2D eigenvalue weighted by atomic mass is 16.2. The van der Waals surface area contributed by atoms with Gasteiger partial charge in [0.2, 0.25) is 0 Å². The molecule has 0 bridgehead atoms. The second-order valence-electron chi connectivity index (χ2n) is 4.42. The van der Waals surface area contributed by atoms with Crippen molar-refractivity contribution in [3.63, 3.8) is 0 Å². The van der Waals surface area contributed by atoms with Gasteiger partial charge < -0.3 is 10.6 Å². The van der Waals surface area contributed by atoms with Gasteiger partial charge in [-0.05, 0) is 33.6 Å². The van der Waals surface area contributed by atoms with Crippen molar-refractivity contribution in [2.45, 2.75) is 33.6 Å². The van der Waals surface area contributed by atoms with Gasteiger partial charge in [-0.2, -0.15) is 0 Å². The van der Waals surface area contributed by atoms with Crippen molar-refractivity contribution in [2.75, 3.05) is 13.6 Å². The Labute approximate surface area is 103 Å². The first-order chi connectivity index (χ1) is 7.84. The number of hydrogen-bond acceptors (Lipinski definition) is 2. The zero-order valence-corrected chi connectivity index (χ0v) is 11.1. The van der Waals surface area contributed by atoms with Gasteiger partial charge in [0, 0.05) is 13.6 Å². The molecule has 0 saturated carbocycles. The second-order valence-corrected chi connectivity index (χ2v) is 4.42. The molecule has 2 amide bonds. The molecule has 0 aromatic carbocycles. The zero-order chi connectivity index (χ0) is 13.4. The van der Waals surface area contributed by atoms with Crippen molar-refractivity contribution in [1.82, 2.24) is 4.90 Å². The number of allylic oxidation sites excluding steroid dienone is 3. The fourth-order valence-corrected chi connectivity index (χ4v) is 1.25. The largest absolute Gasteiger partial charge is 0.361 e. The maximum absolute atomic E-state index is 11.2. The molecular weight excluding hydrogens is 216 g/mol. The number of carbonyl (C=O) groups is 2. The number of nitrogens with two attached hydrogens (primary N) is 1. The Morgan fingerprint density at radius 3 is 2.24 bits per heavy atom. The van der Waals surface area contributed by atoms with Crippen LogP contribution in [0.15, 0.2) is 23.3 Å². The SMILES string of the molecule is CC(C)=CCC/C(C)=C/CN(C)C(=O)C(N)=O. The molecule has 0 spiro atoms. The van der Waals surface area contributed by atoms with Crippen LogP contribution in [0, 0.1) is 0 Å². The van der Waals surface area contributed by atoms with Gasteiger partial charge in [0.25, 0.3) is 0 Å². The highest BCUT2D eigenvalue weighted by Gasteiger charge is 2.12. The van der Waals surface area contributed by atoms with E-state index in [1.54, 1.807) is 7.05 Å². The summed E-state index contributed by atoms with van der Waals surface area (Å²) < 4.78 is 0. The molecule has 0 radical (unpaired) electrons. The third-order valence-corrected chi connectivity index (χ3v) is 2.36. The predicted molar refractivity (Wildman–Crippen MR) is 69.3 cm³/mol. The Hall–Kier alpha value is -1.58. The number of nitrogens with zero attached hydrogens (tertiary/aromatic N) is 1. The minimum absolute atomic E-state index is 0.419. The Kier molecular flexibility index (Phi) is 6.94. The number of rotatable bonds is 5. The van der Waals surface area contributed by atoms with E-state index < -0.39 is 11.8 Å². The van der Waals surface area contributed by atoms with Crippen LogP contribution in [0.2, 0.25) is 0 Å². The summed E-state index contributed by atoms with van der Waals surface area (Å²) in [6.07, 6.45) is 6.08. The molecule has 96 valence electrons. The summed E-state index contributed by atoms with van der Waals surface area (Å²) in [5, 5.41) is 0. The molecule has 0 aliphatic carbocycles. The molecule has 0 aliphatic heterocycles. The fourth-order valence-electron chi connectivity index (χ4n) is 1.25. The maximum Gasteiger partial charge on any atom is 0.311 e. The van der Waals surface area contributed by atoms with E-state index >= 15 is 0 Å². The van der Waals surface area contributed by atoms with Crippen LogP contribution in [0.25, 0.3) is 0 Å². The lowest BCUT2D eigenvalue weighted by atomic mass is 10.1. The summed E-state index contributed by atoms with van der Waals surface area (Å²) in [4.78, 5) is 23.1. The molecule has 0 rings (SSSR count). The Morgan fingerprint density at radius 1 is 1.18 bits per heavy atom. The second kappa shape index (κ2) is 7.65. The molecule has 4 nitrogen and oxygen atoms in total. The van der Waals surface area contributed by atoms with Crippen LogP contribution in [-0.4, -0.2) is 30.3 Å². The molecule has 0 atom stereocenters. The van der Waals surface area contributed by atoms with E-state index in [1.807, 2.05) is 13.0 Å². The van der Waals surface area contributed by atoms with Gasteiger partial charge in [-0.1, -0.05) is 23.3 Å². The lowest BCUT2D eigenvalue weighted by Crippen LogP contribution is -2.37.